The van der Waals surface area contributed by atoms with E-state index in [0.29, 0.717) is 43.8 Å². The van der Waals surface area contributed by atoms with E-state index in [4.69, 9.17) is 32.7 Å². The molecule has 4 rings (SSSR count). The van der Waals surface area contributed by atoms with Crippen LogP contribution in [0.2, 0.25) is 10.0 Å². The predicted octanol–water partition coefficient (Wildman–Crippen LogP) is 5.89. The molecule has 8 nitrogen and oxygen atoms in total. The number of nitrogens with one attached hydrogen (secondary N) is 1. The molecule has 1 aromatic heterocycles. The van der Waals surface area contributed by atoms with Gasteiger partial charge in [0.2, 0.25) is 0 Å². The first-order chi connectivity index (χ1) is 17.9. The highest BCUT2D eigenvalue weighted by atomic mass is 35.5. The van der Waals surface area contributed by atoms with Crippen molar-refractivity contribution in [1.29, 1.82) is 0 Å². The van der Waals surface area contributed by atoms with Gasteiger partial charge in [-0.1, -0.05) is 59.2 Å². The minimum Gasteiger partial charge on any atom is -0.493 e. The van der Waals surface area contributed by atoms with Crippen LogP contribution in [0.25, 0.3) is 17.1 Å². The van der Waals surface area contributed by atoms with Gasteiger partial charge in [-0.3, -0.25) is 9.36 Å². The highest BCUT2D eigenvalue weighted by Crippen LogP contribution is 2.34. The summed E-state index contributed by atoms with van der Waals surface area (Å²) in [6.45, 7) is 1.75. The van der Waals surface area contributed by atoms with Crippen LogP contribution in [0.4, 0.5) is 0 Å². The molecule has 4 aromatic rings. The van der Waals surface area contributed by atoms with Crippen LogP contribution < -0.4 is 14.9 Å². The maximum absolute atomic E-state index is 12.6. The van der Waals surface area contributed by atoms with Crippen molar-refractivity contribution < 1.29 is 14.3 Å². The molecule has 1 amide bonds. The lowest BCUT2D eigenvalue weighted by molar-refractivity contribution is -0.118. The highest BCUT2D eigenvalue weighted by molar-refractivity contribution is 7.99. The lowest BCUT2D eigenvalue weighted by Crippen LogP contribution is -2.21. The number of aromatic nitrogens is 3. The van der Waals surface area contributed by atoms with Gasteiger partial charge in [-0.25, -0.2) is 5.43 Å². The minimum absolute atomic E-state index is 0.0715. The minimum atomic E-state index is -0.301. The number of methoxy groups -OCH3 is 2. The molecular weight excluding hydrogens is 533 g/mol. The molecule has 3 aromatic carbocycles. The standard InChI is InChI=1S/C26H23Cl2N5O3S/c1-16(20-11-10-18(27)14-21(20)28)29-30-24(34)15-37-26-32-31-25(33(26)19-7-5-4-6-8-19)17-9-12-22(35-2)23(13-17)36-3/h4-14H,15H2,1-3H3,(H,30,34)/b29-16-. The van der Waals surface area contributed by atoms with Gasteiger partial charge in [0.25, 0.3) is 5.91 Å². The number of nitrogens with zero attached hydrogens (tertiary/aromatic N) is 4. The third-order valence-corrected chi connectivity index (χ3v) is 6.77. The molecule has 0 fully saturated rings. The molecule has 0 aliphatic rings. The molecule has 0 unspecified atom stereocenters. The molecular formula is C26H23Cl2N5O3S. The topological polar surface area (TPSA) is 90.6 Å². The van der Waals surface area contributed by atoms with Crippen LogP contribution >= 0.6 is 35.0 Å². The number of carbonyl (C=O) groups excluding carboxylic acids is 1. The van der Waals surface area contributed by atoms with E-state index in [1.54, 1.807) is 39.3 Å². The molecule has 1 N–H and O–H groups in total. The van der Waals surface area contributed by atoms with Crippen molar-refractivity contribution in [1.82, 2.24) is 20.2 Å². The van der Waals surface area contributed by atoms with E-state index in [1.165, 1.54) is 11.8 Å². The number of thioether (sulfide) groups is 1. The molecule has 0 radical (unpaired) electrons. The van der Waals surface area contributed by atoms with Crippen molar-refractivity contribution in [3.8, 4) is 28.6 Å². The fourth-order valence-corrected chi connectivity index (χ4v) is 4.78. The number of ether oxygens (including phenoxy) is 2. The Kier molecular flexibility index (Phi) is 8.70. The molecule has 11 heteroatoms. The molecule has 0 saturated heterocycles. The largest absolute Gasteiger partial charge is 0.493 e. The SMILES string of the molecule is COc1ccc(-c2nnc(SCC(=O)N/N=C(/C)c3ccc(Cl)cc3Cl)n2-c2ccccc2)cc1OC. The van der Waals surface area contributed by atoms with Crippen molar-refractivity contribution >= 4 is 46.6 Å². The summed E-state index contributed by atoms with van der Waals surface area (Å²) < 4.78 is 12.7. The summed E-state index contributed by atoms with van der Waals surface area (Å²) in [7, 11) is 3.16. The Morgan fingerprint density at radius 3 is 2.46 bits per heavy atom. The zero-order valence-corrected chi connectivity index (χ0v) is 22.6. The van der Waals surface area contributed by atoms with Gasteiger partial charge in [0.05, 0.1) is 30.7 Å². The van der Waals surface area contributed by atoms with Crippen molar-refractivity contribution in [2.45, 2.75) is 12.1 Å². The van der Waals surface area contributed by atoms with E-state index < -0.39 is 0 Å². The summed E-state index contributed by atoms with van der Waals surface area (Å²) in [5.41, 5.74) is 5.44. The van der Waals surface area contributed by atoms with Gasteiger partial charge >= 0.3 is 0 Å². The maximum atomic E-state index is 12.6. The highest BCUT2D eigenvalue weighted by Gasteiger charge is 2.19. The lowest BCUT2D eigenvalue weighted by Gasteiger charge is -2.12. The molecule has 1 heterocycles. The van der Waals surface area contributed by atoms with Crippen molar-refractivity contribution in [3.63, 3.8) is 0 Å². The molecule has 0 atom stereocenters. The molecule has 0 aliphatic carbocycles. The number of hydrogen-bond donors (Lipinski definition) is 1. The van der Waals surface area contributed by atoms with Crippen LogP contribution in [0.1, 0.15) is 12.5 Å². The third kappa shape index (κ3) is 6.25. The van der Waals surface area contributed by atoms with Gasteiger partial charge in [0.1, 0.15) is 0 Å². The number of hydrogen-bond acceptors (Lipinski definition) is 7. The van der Waals surface area contributed by atoms with E-state index in [0.717, 1.165) is 11.3 Å². The summed E-state index contributed by atoms with van der Waals surface area (Å²) in [5, 5.41) is 14.5. The van der Waals surface area contributed by atoms with Gasteiger partial charge in [-0.2, -0.15) is 5.10 Å². The fraction of sp³-hybridized carbons (Fsp3) is 0.154. The van der Waals surface area contributed by atoms with Crippen LogP contribution in [0.3, 0.4) is 0 Å². The van der Waals surface area contributed by atoms with Gasteiger partial charge in [0, 0.05) is 21.8 Å². The zero-order chi connectivity index (χ0) is 26.4. The van der Waals surface area contributed by atoms with E-state index in [2.05, 4.69) is 20.7 Å². The molecule has 0 spiro atoms. The number of benzene rings is 3. The van der Waals surface area contributed by atoms with Gasteiger partial charge in [-0.05, 0) is 49.4 Å². The van der Waals surface area contributed by atoms with Crippen LogP contribution in [0.5, 0.6) is 11.5 Å². The van der Waals surface area contributed by atoms with Crippen LogP contribution in [0, 0.1) is 0 Å². The number of carbonyl (C=O) groups is 1. The van der Waals surface area contributed by atoms with E-state index in [9.17, 15) is 4.79 Å². The summed E-state index contributed by atoms with van der Waals surface area (Å²) in [6.07, 6.45) is 0. The average Bonchev–Trinajstić information content (AvgIpc) is 3.34. The predicted molar refractivity (Wildman–Crippen MR) is 147 cm³/mol. The lowest BCUT2D eigenvalue weighted by atomic mass is 10.1. The first-order valence-electron chi connectivity index (χ1n) is 11.1. The smallest absolute Gasteiger partial charge is 0.250 e. The van der Waals surface area contributed by atoms with E-state index >= 15 is 0 Å². The van der Waals surface area contributed by atoms with E-state index in [-0.39, 0.29) is 11.7 Å². The Hall–Kier alpha value is -3.53. The molecule has 37 heavy (non-hydrogen) atoms. The number of para-hydroxylation sites is 1. The molecule has 0 saturated carbocycles. The first kappa shape index (κ1) is 26.5. The summed E-state index contributed by atoms with van der Waals surface area (Å²) >= 11 is 13.4. The average molecular weight is 556 g/mol. The normalized spacial score (nSPS) is 11.3. The Labute approximate surface area is 228 Å². The van der Waals surface area contributed by atoms with Gasteiger partial charge in [-0.15, -0.1) is 10.2 Å². The second-order valence-electron chi connectivity index (χ2n) is 7.69. The Balaban J connectivity index is 1.55. The van der Waals surface area contributed by atoms with Crippen molar-refractivity contribution in [2.75, 3.05) is 20.0 Å². The third-order valence-electron chi connectivity index (χ3n) is 5.29. The Morgan fingerprint density at radius 2 is 1.76 bits per heavy atom. The number of amides is 1. The van der Waals surface area contributed by atoms with Crippen LogP contribution in [-0.2, 0) is 4.79 Å². The maximum Gasteiger partial charge on any atom is 0.250 e. The van der Waals surface area contributed by atoms with Crippen LogP contribution in [0.15, 0.2) is 77.0 Å². The Morgan fingerprint density at radius 1 is 1.00 bits per heavy atom. The van der Waals surface area contributed by atoms with Crippen LogP contribution in [-0.4, -0.2) is 46.4 Å². The number of hydrazone groups is 1. The molecule has 0 aliphatic heterocycles. The zero-order valence-electron chi connectivity index (χ0n) is 20.2. The first-order valence-corrected chi connectivity index (χ1v) is 12.8. The number of halogens is 2. The summed E-state index contributed by atoms with van der Waals surface area (Å²) in [5.74, 6) is 1.55. The summed E-state index contributed by atoms with van der Waals surface area (Å²) in [4.78, 5) is 12.6. The van der Waals surface area contributed by atoms with Gasteiger partial charge < -0.3 is 9.47 Å². The number of rotatable bonds is 9. The van der Waals surface area contributed by atoms with Crippen molar-refractivity contribution in [2.24, 2.45) is 5.10 Å². The molecule has 190 valence electrons. The fourth-order valence-electron chi connectivity index (χ4n) is 3.49. The monoisotopic (exact) mass is 555 g/mol. The van der Waals surface area contributed by atoms with Crippen molar-refractivity contribution in [3.05, 3.63) is 82.3 Å². The summed E-state index contributed by atoms with van der Waals surface area (Å²) in [6, 6.07) is 20.3. The Bertz CT molecular complexity index is 1440. The second-order valence-corrected chi connectivity index (χ2v) is 9.48. The second kappa shape index (κ2) is 12.1. The van der Waals surface area contributed by atoms with E-state index in [1.807, 2.05) is 53.1 Å². The molecule has 0 bridgehead atoms. The van der Waals surface area contributed by atoms with Gasteiger partial charge in [0.15, 0.2) is 22.5 Å². The quantitative estimate of drug-likeness (QED) is 0.157.